The van der Waals surface area contributed by atoms with Gasteiger partial charge in [-0.1, -0.05) is 54.4 Å². The number of terminal acetylenes is 1. The molecular formula is C15H30N2. The summed E-state index contributed by atoms with van der Waals surface area (Å²) >= 11 is 0. The molecule has 0 saturated carbocycles. The highest BCUT2D eigenvalue weighted by molar-refractivity contribution is 5.20. The summed E-state index contributed by atoms with van der Waals surface area (Å²) in [7, 11) is 1.90. The maximum Gasteiger partial charge on any atom is 0.0534 e. The predicted molar refractivity (Wildman–Crippen MR) is 79.1 cm³/mol. The van der Waals surface area contributed by atoms with E-state index in [1.165, 1.54) is 0 Å². The van der Waals surface area contributed by atoms with Crippen LogP contribution in [-0.4, -0.2) is 9.78 Å². The van der Waals surface area contributed by atoms with Crippen LogP contribution in [0, 0.1) is 12.3 Å². The van der Waals surface area contributed by atoms with Crippen LogP contribution in [0.15, 0.2) is 12.4 Å². The summed E-state index contributed by atoms with van der Waals surface area (Å²) in [5.41, 5.74) is 1.14. The zero-order chi connectivity index (χ0) is 14.3. The van der Waals surface area contributed by atoms with E-state index in [2.05, 4.69) is 17.9 Å². The second-order valence-corrected chi connectivity index (χ2v) is 2.57. The molecule has 1 aromatic heterocycles. The van der Waals surface area contributed by atoms with Crippen molar-refractivity contribution in [1.82, 2.24) is 9.78 Å². The number of aryl methyl sites for hydroxylation is 1. The average Bonchev–Trinajstić information content (AvgIpc) is 2.85. The predicted octanol–water partition coefficient (Wildman–Crippen LogP) is 4.63. The number of hydrogen-bond donors (Lipinski definition) is 0. The van der Waals surface area contributed by atoms with Gasteiger partial charge in [0.05, 0.1) is 6.20 Å². The van der Waals surface area contributed by atoms with Crippen LogP contribution in [0.4, 0.5) is 0 Å². The summed E-state index contributed by atoms with van der Waals surface area (Å²) in [4.78, 5) is 0. The molecule has 0 spiro atoms. The Morgan fingerprint density at radius 3 is 1.94 bits per heavy atom. The van der Waals surface area contributed by atoms with Crippen LogP contribution in [0.25, 0.3) is 0 Å². The van der Waals surface area contributed by atoms with Crippen molar-refractivity contribution in [1.29, 1.82) is 0 Å². The lowest BCUT2D eigenvalue weighted by atomic mass is 10.0. The fourth-order valence-corrected chi connectivity index (χ4v) is 1.07. The van der Waals surface area contributed by atoms with Gasteiger partial charge < -0.3 is 0 Å². The molecule has 2 heteroatoms. The first-order valence-electron chi connectivity index (χ1n) is 6.72. The summed E-state index contributed by atoms with van der Waals surface area (Å²) in [6, 6.07) is 0. The van der Waals surface area contributed by atoms with E-state index in [4.69, 9.17) is 6.42 Å². The van der Waals surface area contributed by atoms with Crippen molar-refractivity contribution in [2.24, 2.45) is 7.05 Å². The standard InChI is InChI=1S/C9H12N2.3C2H6/c1-4-8(5-2)9-6-10-11(3)7-9;3*1-2/h1,6-8H,5H2,2-3H3;3*1-2H3. The fourth-order valence-electron chi connectivity index (χ4n) is 1.07. The van der Waals surface area contributed by atoms with Gasteiger partial charge in [0.15, 0.2) is 0 Å². The second kappa shape index (κ2) is 17.2. The van der Waals surface area contributed by atoms with Gasteiger partial charge in [-0.2, -0.15) is 5.10 Å². The number of aromatic nitrogens is 2. The summed E-state index contributed by atoms with van der Waals surface area (Å²) in [5, 5.41) is 4.05. The minimum Gasteiger partial charge on any atom is -0.275 e. The second-order valence-electron chi connectivity index (χ2n) is 2.57. The molecule has 17 heavy (non-hydrogen) atoms. The maximum absolute atomic E-state index is 5.34. The third-order valence-electron chi connectivity index (χ3n) is 1.74. The van der Waals surface area contributed by atoms with E-state index in [-0.39, 0.29) is 5.92 Å². The van der Waals surface area contributed by atoms with E-state index < -0.39 is 0 Å². The Bertz CT molecular complexity index is 269. The van der Waals surface area contributed by atoms with Crippen LogP contribution < -0.4 is 0 Å². The molecule has 1 aromatic rings. The molecule has 2 nitrogen and oxygen atoms in total. The van der Waals surface area contributed by atoms with Crippen molar-refractivity contribution in [3.63, 3.8) is 0 Å². The molecule has 100 valence electrons. The minimum absolute atomic E-state index is 0.226. The Balaban J connectivity index is -0.000000285. The molecule has 0 fully saturated rings. The quantitative estimate of drug-likeness (QED) is 0.687. The lowest BCUT2D eigenvalue weighted by Crippen LogP contribution is -1.91. The Morgan fingerprint density at radius 2 is 1.71 bits per heavy atom. The molecule has 0 saturated heterocycles. The Morgan fingerprint density at radius 1 is 1.24 bits per heavy atom. The summed E-state index contributed by atoms with van der Waals surface area (Å²) in [6.07, 6.45) is 10.1. The molecule has 0 N–H and O–H groups in total. The van der Waals surface area contributed by atoms with Gasteiger partial charge in [-0.25, -0.2) is 0 Å². The molecule has 0 aliphatic heterocycles. The molecular weight excluding hydrogens is 208 g/mol. The smallest absolute Gasteiger partial charge is 0.0534 e. The van der Waals surface area contributed by atoms with Gasteiger partial charge >= 0.3 is 0 Å². The topological polar surface area (TPSA) is 17.8 Å². The molecule has 1 heterocycles. The summed E-state index contributed by atoms with van der Waals surface area (Å²) in [6.45, 7) is 14.1. The van der Waals surface area contributed by atoms with Crippen molar-refractivity contribution >= 4 is 0 Å². The van der Waals surface area contributed by atoms with E-state index in [1.807, 2.05) is 61.0 Å². The van der Waals surface area contributed by atoms with Crippen molar-refractivity contribution in [3.05, 3.63) is 18.0 Å². The lowest BCUT2D eigenvalue weighted by Gasteiger charge is -2.01. The highest BCUT2D eigenvalue weighted by atomic mass is 15.2. The molecule has 1 unspecified atom stereocenters. The van der Waals surface area contributed by atoms with E-state index in [0.717, 1.165) is 12.0 Å². The molecule has 1 atom stereocenters. The van der Waals surface area contributed by atoms with E-state index in [1.54, 1.807) is 4.68 Å². The Hall–Kier alpha value is -1.23. The average molecular weight is 238 g/mol. The largest absolute Gasteiger partial charge is 0.275 e. The summed E-state index contributed by atoms with van der Waals surface area (Å²) in [5.74, 6) is 2.95. The van der Waals surface area contributed by atoms with Gasteiger partial charge in [0.25, 0.3) is 0 Å². The molecule has 0 bridgehead atoms. The van der Waals surface area contributed by atoms with Crippen LogP contribution in [0.5, 0.6) is 0 Å². The highest BCUT2D eigenvalue weighted by Crippen LogP contribution is 2.16. The first-order valence-corrected chi connectivity index (χ1v) is 6.72. The zero-order valence-electron chi connectivity index (χ0n) is 12.9. The van der Waals surface area contributed by atoms with E-state index in [9.17, 15) is 0 Å². The van der Waals surface area contributed by atoms with Gasteiger partial charge in [-0.15, -0.1) is 6.42 Å². The van der Waals surface area contributed by atoms with Gasteiger partial charge in [0.1, 0.15) is 0 Å². The molecule has 0 aliphatic rings. The number of rotatable bonds is 2. The van der Waals surface area contributed by atoms with Crippen LogP contribution >= 0.6 is 0 Å². The molecule has 0 aliphatic carbocycles. The minimum atomic E-state index is 0.226. The maximum atomic E-state index is 5.34. The van der Waals surface area contributed by atoms with Crippen molar-refractivity contribution in [2.75, 3.05) is 0 Å². The normalized spacial score (nSPS) is 9.12. The Kier molecular flexibility index (Phi) is 21.3. The van der Waals surface area contributed by atoms with Crippen molar-refractivity contribution in [2.45, 2.75) is 60.8 Å². The number of hydrogen-bond acceptors (Lipinski definition) is 1. The van der Waals surface area contributed by atoms with E-state index in [0.29, 0.717) is 0 Å². The Labute approximate surface area is 108 Å². The first kappa shape index (κ1) is 21.1. The first-order chi connectivity index (χ1) is 8.27. The molecule has 0 amide bonds. The van der Waals surface area contributed by atoms with Gasteiger partial charge in [0.2, 0.25) is 0 Å². The lowest BCUT2D eigenvalue weighted by molar-refractivity contribution is 0.764. The van der Waals surface area contributed by atoms with Crippen LogP contribution in [-0.2, 0) is 7.05 Å². The van der Waals surface area contributed by atoms with Crippen molar-refractivity contribution < 1.29 is 0 Å². The molecule has 0 aromatic carbocycles. The highest BCUT2D eigenvalue weighted by Gasteiger charge is 2.06. The number of nitrogens with zero attached hydrogens (tertiary/aromatic N) is 2. The van der Waals surface area contributed by atoms with Crippen LogP contribution in [0.1, 0.15) is 66.4 Å². The third-order valence-corrected chi connectivity index (χ3v) is 1.74. The monoisotopic (exact) mass is 238 g/mol. The molecule has 1 rings (SSSR count). The molecule has 0 radical (unpaired) electrons. The fraction of sp³-hybridized carbons (Fsp3) is 0.667. The third kappa shape index (κ3) is 9.68. The zero-order valence-corrected chi connectivity index (χ0v) is 12.9. The van der Waals surface area contributed by atoms with Gasteiger partial charge in [0, 0.05) is 24.7 Å². The van der Waals surface area contributed by atoms with Crippen LogP contribution in [0.2, 0.25) is 0 Å². The summed E-state index contributed by atoms with van der Waals surface area (Å²) < 4.78 is 1.77. The van der Waals surface area contributed by atoms with Crippen LogP contribution in [0.3, 0.4) is 0 Å². The van der Waals surface area contributed by atoms with E-state index >= 15 is 0 Å². The van der Waals surface area contributed by atoms with Gasteiger partial charge in [-0.3, -0.25) is 4.68 Å². The SMILES string of the molecule is C#CC(CC)c1cnn(C)c1.CC.CC.CC. The van der Waals surface area contributed by atoms with Crippen molar-refractivity contribution in [3.8, 4) is 12.3 Å². The van der Waals surface area contributed by atoms with Gasteiger partial charge in [-0.05, 0) is 6.42 Å².